The Hall–Kier alpha value is -3.70. The molecule has 5 N–H and O–H groups in total. The van der Waals surface area contributed by atoms with Gasteiger partial charge in [-0.25, -0.2) is 14.4 Å². The van der Waals surface area contributed by atoms with Gasteiger partial charge >= 0.3 is 17.9 Å². The Morgan fingerprint density at radius 1 is 0.906 bits per heavy atom. The van der Waals surface area contributed by atoms with Crippen LogP contribution in [-0.2, 0) is 9.59 Å². The standard InChI is InChI=1S/C16H19ClN4O3.C4H4O4/c17-14-6-7-15(21-20-14)19-10-9-18-8-1-11-24-13-4-2-12(3-5-13)16(22)23;5-3(6)1-2-4(7)8/h2-7,18H,1,8-11H2,(H,19,21)(H,22,23);1-2H,(H,5,6)(H,7,8). The second-order valence-electron chi connectivity index (χ2n) is 5.96. The predicted molar refractivity (Wildman–Crippen MR) is 116 cm³/mol. The molecule has 0 aliphatic heterocycles. The van der Waals surface area contributed by atoms with Crippen molar-refractivity contribution in [2.24, 2.45) is 0 Å². The van der Waals surface area contributed by atoms with Crippen molar-refractivity contribution >= 4 is 35.3 Å². The lowest BCUT2D eigenvalue weighted by molar-refractivity contribution is -0.134. The summed E-state index contributed by atoms with van der Waals surface area (Å²) in [6, 6.07) is 9.84. The van der Waals surface area contributed by atoms with Crippen LogP contribution in [0.4, 0.5) is 5.82 Å². The predicted octanol–water partition coefficient (Wildman–Crippen LogP) is 2.01. The van der Waals surface area contributed by atoms with Crippen LogP contribution in [0.5, 0.6) is 5.75 Å². The fraction of sp³-hybridized carbons (Fsp3) is 0.250. The number of ether oxygens (including phenoxy) is 1. The number of aromatic nitrogens is 2. The van der Waals surface area contributed by atoms with E-state index in [0.717, 1.165) is 26.1 Å². The first-order valence-corrected chi connectivity index (χ1v) is 9.69. The van der Waals surface area contributed by atoms with E-state index in [9.17, 15) is 14.4 Å². The molecule has 0 unspecified atom stereocenters. The first-order valence-electron chi connectivity index (χ1n) is 9.32. The largest absolute Gasteiger partial charge is 0.494 e. The Morgan fingerprint density at radius 2 is 1.56 bits per heavy atom. The Labute approximate surface area is 188 Å². The van der Waals surface area contributed by atoms with Gasteiger partial charge < -0.3 is 30.7 Å². The van der Waals surface area contributed by atoms with Crippen LogP contribution < -0.4 is 15.4 Å². The molecule has 0 saturated carbocycles. The molecule has 0 radical (unpaired) electrons. The van der Waals surface area contributed by atoms with Crippen LogP contribution in [0, 0.1) is 0 Å². The molecule has 2 rings (SSSR count). The highest BCUT2D eigenvalue weighted by molar-refractivity contribution is 6.29. The summed E-state index contributed by atoms with van der Waals surface area (Å²) in [5.74, 6) is -2.10. The van der Waals surface area contributed by atoms with Gasteiger partial charge in [0.15, 0.2) is 5.15 Å². The summed E-state index contributed by atoms with van der Waals surface area (Å²) in [4.78, 5) is 29.8. The van der Waals surface area contributed by atoms with Crippen LogP contribution in [0.3, 0.4) is 0 Å². The number of nitrogens with one attached hydrogen (secondary N) is 2. The number of carbonyl (C=O) groups is 3. The van der Waals surface area contributed by atoms with Crippen LogP contribution in [0.2, 0.25) is 5.15 Å². The number of hydrogen-bond acceptors (Lipinski definition) is 8. The van der Waals surface area contributed by atoms with Gasteiger partial charge in [-0.05, 0) is 49.4 Å². The third-order valence-corrected chi connectivity index (χ3v) is 3.68. The lowest BCUT2D eigenvalue weighted by atomic mass is 10.2. The van der Waals surface area contributed by atoms with E-state index in [0.29, 0.717) is 35.5 Å². The first-order chi connectivity index (χ1) is 15.3. The molecule has 0 spiro atoms. The summed E-state index contributed by atoms with van der Waals surface area (Å²) in [6.07, 6.45) is 1.96. The summed E-state index contributed by atoms with van der Waals surface area (Å²) >= 11 is 5.66. The lowest BCUT2D eigenvalue weighted by Gasteiger charge is -2.08. The maximum Gasteiger partial charge on any atom is 0.335 e. The minimum absolute atomic E-state index is 0.252. The third-order valence-electron chi connectivity index (χ3n) is 3.48. The van der Waals surface area contributed by atoms with Gasteiger partial charge in [0.25, 0.3) is 0 Å². The van der Waals surface area contributed by atoms with Crippen molar-refractivity contribution in [3.63, 3.8) is 0 Å². The molecule has 0 bridgehead atoms. The third kappa shape index (κ3) is 12.8. The van der Waals surface area contributed by atoms with Crippen LogP contribution >= 0.6 is 11.6 Å². The highest BCUT2D eigenvalue weighted by Gasteiger charge is 2.02. The minimum Gasteiger partial charge on any atom is -0.494 e. The Kier molecular flexibility index (Phi) is 12.5. The van der Waals surface area contributed by atoms with Crippen LogP contribution in [-0.4, -0.2) is 69.7 Å². The van der Waals surface area contributed by atoms with Gasteiger partial charge in [0.2, 0.25) is 0 Å². The summed E-state index contributed by atoms with van der Waals surface area (Å²) < 4.78 is 5.55. The second kappa shape index (κ2) is 15.2. The molecular formula is C20H23ClN4O7. The van der Waals surface area contributed by atoms with E-state index in [1.165, 1.54) is 12.1 Å². The molecule has 2 aromatic rings. The number of rotatable bonds is 12. The Morgan fingerprint density at radius 3 is 2.09 bits per heavy atom. The molecule has 1 aromatic carbocycles. The minimum atomic E-state index is -1.26. The van der Waals surface area contributed by atoms with Crippen molar-refractivity contribution in [2.45, 2.75) is 6.42 Å². The fourth-order valence-corrected chi connectivity index (χ4v) is 2.14. The molecule has 1 heterocycles. The molecule has 0 aliphatic carbocycles. The average Bonchev–Trinajstić information content (AvgIpc) is 2.76. The van der Waals surface area contributed by atoms with Crippen LogP contribution in [0.25, 0.3) is 0 Å². The summed E-state index contributed by atoms with van der Waals surface area (Å²) in [7, 11) is 0. The van der Waals surface area contributed by atoms with E-state index in [1.54, 1.807) is 24.3 Å². The average molecular weight is 467 g/mol. The molecule has 0 fully saturated rings. The smallest absolute Gasteiger partial charge is 0.335 e. The van der Waals surface area contributed by atoms with E-state index in [2.05, 4.69) is 20.8 Å². The number of aromatic carboxylic acids is 1. The van der Waals surface area contributed by atoms with Gasteiger partial charge in [0.05, 0.1) is 12.2 Å². The zero-order valence-electron chi connectivity index (χ0n) is 16.9. The number of carboxylic acid groups (broad SMARTS) is 3. The van der Waals surface area contributed by atoms with E-state index in [-0.39, 0.29) is 5.56 Å². The van der Waals surface area contributed by atoms with E-state index >= 15 is 0 Å². The monoisotopic (exact) mass is 466 g/mol. The van der Waals surface area contributed by atoms with Gasteiger partial charge in [-0.15, -0.1) is 10.2 Å². The molecule has 0 saturated heterocycles. The first kappa shape index (κ1) is 26.3. The quantitative estimate of drug-likeness (QED) is 0.229. The molecule has 12 heteroatoms. The Balaban J connectivity index is 0.000000547. The van der Waals surface area contributed by atoms with Crippen molar-refractivity contribution in [1.82, 2.24) is 15.5 Å². The molecular weight excluding hydrogens is 444 g/mol. The highest BCUT2D eigenvalue weighted by atomic mass is 35.5. The van der Waals surface area contributed by atoms with Gasteiger partial charge in [0.1, 0.15) is 11.6 Å². The van der Waals surface area contributed by atoms with Crippen molar-refractivity contribution in [1.29, 1.82) is 0 Å². The van der Waals surface area contributed by atoms with Crippen molar-refractivity contribution in [3.05, 3.63) is 59.3 Å². The summed E-state index contributed by atoms with van der Waals surface area (Å²) in [6.45, 7) is 2.90. The zero-order chi connectivity index (χ0) is 23.8. The normalized spacial score (nSPS) is 10.2. The molecule has 11 nitrogen and oxygen atoms in total. The molecule has 1 aromatic heterocycles. The van der Waals surface area contributed by atoms with Crippen molar-refractivity contribution in [3.8, 4) is 5.75 Å². The Bertz CT molecular complexity index is 874. The number of nitrogens with zero attached hydrogens (tertiary/aromatic N) is 2. The molecule has 0 aliphatic rings. The SMILES string of the molecule is O=C(O)C=CC(=O)O.O=C(O)c1ccc(OCCCNCCNc2ccc(Cl)nn2)cc1. The second-order valence-corrected chi connectivity index (χ2v) is 6.35. The summed E-state index contributed by atoms with van der Waals surface area (Å²) in [5.41, 5.74) is 0.252. The maximum absolute atomic E-state index is 10.7. The van der Waals surface area contributed by atoms with Gasteiger partial charge in [-0.2, -0.15) is 0 Å². The number of halogens is 1. The van der Waals surface area contributed by atoms with Crippen LogP contribution in [0.1, 0.15) is 16.8 Å². The molecule has 32 heavy (non-hydrogen) atoms. The lowest BCUT2D eigenvalue weighted by Crippen LogP contribution is -2.24. The number of hydrogen-bond donors (Lipinski definition) is 5. The van der Waals surface area contributed by atoms with Crippen molar-refractivity contribution < 1.29 is 34.4 Å². The number of anilines is 1. The molecule has 0 amide bonds. The number of aliphatic carboxylic acids is 2. The maximum atomic E-state index is 10.7. The molecule has 172 valence electrons. The van der Waals surface area contributed by atoms with Crippen molar-refractivity contribution in [2.75, 3.05) is 31.6 Å². The number of benzene rings is 1. The fourth-order valence-electron chi connectivity index (χ4n) is 2.04. The van der Waals surface area contributed by atoms with Gasteiger partial charge in [-0.3, -0.25) is 0 Å². The number of carboxylic acids is 3. The van der Waals surface area contributed by atoms with E-state index in [1.807, 2.05) is 0 Å². The van der Waals surface area contributed by atoms with E-state index in [4.69, 9.17) is 31.7 Å². The zero-order valence-corrected chi connectivity index (χ0v) is 17.7. The van der Waals surface area contributed by atoms with Crippen LogP contribution in [0.15, 0.2) is 48.6 Å². The van der Waals surface area contributed by atoms with Gasteiger partial charge in [-0.1, -0.05) is 11.6 Å². The topological polar surface area (TPSA) is 171 Å². The molecule has 0 atom stereocenters. The van der Waals surface area contributed by atoms with E-state index < -0.39 is 17.9 Å². The van der Waals surface area contributed by atoms with Gasteiger partial charge in [0, 0.05) is 25.2 Å². The highest BCUT2D eigenvalue weighted by Crippen LogP contribution is 2.12. The summed E-state index contributed by atoms with van der Waals surface area (Å²) in [5, 5.41) is 38.9.